The molecule has 0 heterocycles. The normalized spacial score (nSPS) is 18.8. The van der Waals surface area contributed by atoms with Crippen LogP contribution in [0.4, 0.5) is 0 Å². The Morgan fingerprint density at radius 1 is 1.32 bits per heavy atom. The van der Waals surface area contributed by atoms with Gasteiger partial charge in [-0.3, -0.25) is 4.79 Å². The summed E-state index contributed by atoms with van der Waals surface area (Å²) in [5.74, 6) is 1.30. The zero-order chi connectivity index (χ0) is 13.5. The Labute approximate surface area is 115 Å². The highest BCUT2D eigenvalue weighted by Crippen LogP contribution is 2.28. The van der Waals surface area contributed by atoms with Crippen molar-refractivity contribution in [2.24, 2.45) is 5.92 Å². The smallest absolute Gasteiger partial charge is 0.315 e. The highest BCUT2D eigenvalue weighted by molar-refractivity contribution is 5.75. The van der Waals surface area contributed by atoms with Crippen LogP contribution in [0.3, 0.4) is 0 Å². The number of carbonyl (C=O) groups excluding carboxylic acids is 1. The summed E-state index contributed by atoms with van der Waals surface area (Å²) in [5, 5.41) is 0. The van der Waals surface area contributed by atoms with Gasteiger partial charge in [-0.2, -0.15) is 0 Å². The van der Waals surface area contributed by atoms with Crippen molar-refractivity contribution in [1.29, 1.82) is 0 Å². The average Bonchev–Trinajstić information content (AvgIpc) is 2.42. The zero-order valence-electron chi connectivity index (χ0n) is 11.6. The molecule has 102 valence electrons. The maximum Gasteiger partial charge on any atom is 0.315 e. The molecule has 2 nitrogen and oxygen atoms in total. The quantitative estimate of drug-likeness (QED) is 0.441. The molecule has 1 aromatic carbocycles. The van der Waals surface area contributed by atoms with Gasteiger partial charge in [0.15, 0.2) is 0 Å². The van der Waals surface area contributed by atoms with Crippen LogP contribution in [0.15, 0.2) is 42.0 Å². The van der Waals surface area contributed by atoms with Gasteiger partial charge in [-0.15, -0.1) is 0 Å². The summed E-state index contributed by atoms with van der Waals surface area (Å²) in [4.78, 5) is 11.8. The average molecular weight is 258 g/mol. The lowest BCUT2D eigenvalue weighted by molar-refractivity contribution is -0.133. The van der Waals surface area contributed by atoms with Crippen molar-refractivity contribution in [2.75, 3.05) is 0 Å². The first kappa shape index (κ1) is 13.9. The van der Waals surface area contributed by atoms with Crippen LogP contribution in [0.1, 0.15) is 45.4 Å². The lowest BCUT2D eigenvalue weighted by Gasteiger charge is -2.21. The highest BCUT2D eigenvalue weighted by Gasteiger charge is 2.16. The van der Waals surface area contributed by atoms with Gasteiger partial charge in [-0.05, 0) is 37.3 Å². The molecule has 0 bridgehead atoms. The highest BCUT2D eigenvalue weighted by atomic mass is 16.5. The molecule has 1 aliphatic rings. The summed E-state index contributed by atoms with van der Waals surface area (Å²) in [6.07, 6.45) is 8.64. The van der Waals surface area contributed by atoms with E-state index in [-0.39, 0.29) is 5.97 Å². The lowest BCUT2D eigenvalue weighted by Crippen LogP contribution is -2.12. The van der Waals surface area contributed by atoms with Crippen LogP contribution >= 0.6 is 0 Å². The number of esters is 1. The van der Waals surface area contributed by atoms with Gasteiger partial charge >= 0.3 is 5.97 Å². The van der Waals surface area contributed by atoms with Crippen molar-refractivity contribution in [3.05, 3.63) is 42.0 Å². The van der Waals surface area contributed by atoms with Crippen LogP contribution in [0.2, 0.25) is 0 Å². The second-order valence-electron chi connectivity index (χ2n) is 5.26. The lowest BCUT2D eigenvalue weighted by atomic mass is 9.86. The van der Waals surface area contributed by atoms with Crippen molar-refractivity contribution in [3.8, 4) is 5.75 Å². The van der Waals surface area contributed by atoms with Crippen molar-refractivity contribution in [3.63, 3.8) is 0 Å². The van der Waals surface area contributed by atoms with Crippen LogP contribution in [0.5, 0.6) is 5.75 Å². The Kier molecular flexibility index (Phi) is 5.20. The van der Waals surface area contributed by atoms with Gasteiger partial charge in [0.05, 0.1) is 6.42 Å². The molecule has 0 saturated heterocycles. The van der Waals surface area contributed by atoms with E-state index in [0.717, 1.165) is 18.8 Å². The molecule has 1 aromatic rings. The van der Waals surface area contributed by atoms with Crippen LogP contribution < -0.4 is 4.74 Å². The number of para-hydroxylation sites is 1. The van der Waals surface area contributed by atoms with Gasteiger partial charge in [0.2, 0.25) is 0 Å². The fourth-order valence-electron chi connectivity index (χ4n) is 2.62. The second-order valence-corrected chi connectivity index (χ2v) is 5.26. The zero-order valence-corrected chi connectivity index (χ0v) is 11.6. The van der Waals surface area contributed by atoms with Gasteiger partial charge in [0.25, 0.3) is 0 Å². The molecule has 2 heteroatoms. The minimum absolute atomic E-state index is 0.147. The van der Waals surface area contributed by atoms with Crippen LogP contribution in [-0.4, -0.2) is 5.97 Å². The summed E-state index contributed by atoms with van der Waals surface area (Å²) in [6.45, 7) is 2.23. The van der Waals surface area contributed by atoms with Crippen LogP contribution in [-0.2, 0) is 4.79 Å². The third kappa shape index (κ3) is 4.55. The number of rotatable bonds is 5. The molecule has 0 aliphatic heterocycles. The van der Waals surface area contributed by atoms with Crippen LogP contribution in [0, 0.1) is 5.92 Å². The molecule has 0 saturated carbocycles. The van der Waals surface area contributed by atoms with Crippen molar-refractivity contribution < 1.29 is 9.53 Å². The van der Waals surface area contributed by atoms with E-state index in [1.807, 2.05) is 30.3 Å². The molecule has 1 atom stereocenters. The predicted molar refractivity (Wildman–Crippen MR) is 77.0 cm³/mol. The Balaban J connectivity index is 1.80. The topological polar surface area (TPSA) is 26.3 Å². The Hall–Kier alpha value is -1.57. The van der Waals surface area contributed by atoms with Crippen LogP contribution in [0.25, 0.3) is 0 Å². The number of carbonyl (C=O) groups is 1. The number of hydrogen-bond donors (Lipinski definition) is 0. The molecule has 2 rings (SSSR count). The first-order valence-corrected chi connectivity index (χ1v) is 7.21. The number of ether oxygens (including phenoxy) is 1. The van der Waals surface area contributed by atoms with E-state index < -0.39 is 0 Å². The molecule has 0 amide bonds. The molecule has 0 radical (unpaired) electrons. The Bertz CT molecular complexity index is 434. The van der Waals surface area contributed by atoms with Gasteiger partial charge in [-0.1, -0.05) is 49.6 Å². The largest absolute Gasteiger partial charge is 0.426 e. The van der Waals surface area contributed by atoms with E-state index in [1.54, 1.807) is 0 Å². The summed E-state index contributed by atoms with van der Waals surface area (Å²) in [5.41, 5.74) is 1.24. The van der Waals surface area contributed by atoms with Crippen molar-refractivity contribution in [1.82, 2.24) is 0 Å². The third-order valence-electron chi connectivity index (χ3n) is 3.66. The molecule has 0 spiro atoms. The van der Waals surface area contributed by atoms with Gasteiger partial charge in [-0.25, -0.2) is 0 Å². The Morgan fingerprint density at radius 2 is 2.11 bits per heavy atom. The van der Waals surface area contributed by atoms with E-state index in [2.05, 4.69) is 13.0 Å². The molecular weight excluding hydrogens is 236 g/mol. The van der Waals surface area contributed by atoms with Crippen molar-refractivity contribution in [2.45, 2.75) is 45.4 Å². The fraction of sp³-hybridized carbons (Fsp3) is 0.471. The number of allylic oxidation sites excluding steroid dienone is 1. The molecule has 1 unspecified atom stereocenters. The summed E-state index contributed by atoms with van der Waals surface area (Å²) < 4.78 is 5.31. The number of hydrogen-bond acceptors (Lipinski definition) is 2. The standard InChI is InChI=1S/C17H22O2/c1-2-6-14-9-11-15(12-10-14)13-17(18)19-16-7-4-3-5-8-16/h3-5,7-8,11,14H,2,6,9-10,12-13H2,1H3. The molecular formula is C17H22O2. The molecule has 0 fully saturated rings. The molecule has 0 N–H and O–H groups in total. The molecule has 19 heavy (non-hydrogen) atoms. The van der Waals surface area contributed by atoms with Gasteiger partial charge in [0.1, 0.15) is 5.75 Å². The molecule has 1 aliphatic carbocycles. The SMILES string of the molecule is CCCC1CC=C(CC(=O)Oc2ccccc2)CC1. The minimum Gasteiger partial charge on any atom is -0.426 e. The van der Waals surface area contributed by atoms with E-state index >= 15 is 0 Å². The maximum absolute atomic E-state index is 11.8. The van der Waals surface area contributed by atoms with E-state index in [0.29, 0.717) is 12.2 Å². The maximum atomic E-state index is 11.8. The minimum atomic E-state index is -0.147. The Morgan fingerprint density at radius 3 is 2.74 bits per heavy atom. The molecule has 0 aromatic heterocycles. The van der Waals surface area contributed by atoms with E-state index in [4.69, 9.17) is 4.74 Å². The third-order valence-corrected chi connectivity index (χ3v) is 3.66. The van der Waals surface area contributed by atoms with E-state index in [1.165, 1.54) is 24.8 Å². The van der Waals surface area contributed by atoms with Crippen molar-refractivity contribution >= 4 is 5.97 Å². The fourth-order valence-corrected chi connectivity index (χ4v) is 2.62. The van der Waals surface area contributed by atoms with Gasteiger partial charge in [0, 0.05) is 0 Å². The first-order valence-electron chi connectivity index (χ1n) is 7.21. The summed E-state index contributed by atoms with van der Waals surface area (Å²) >= 11 is 0. The van der Waals surface area contributed by atoms with E-state index in [9.17, 15) is 4.79 Å². The number of benzene rings is 1. The summed E-state index contributed by atoms with van der Waals surface area (Å²) in [7, 11) is 0. The summed E-state index contributed by atoms with van der Waals surface area (Å²) in [6, 6.07) is 9.28. The second kappa shape index (κ2) is 7.13. The monoisotopic (exact) mass is 258 g/mol. The predicted octanol–water partition coefficient (Wildman–Crippen LogP) is 4.51. The first-order chi connectivity index (χ1) is 9.28. The van der Waals surface area contributed by atoms with Gasteiger partial charge < -0.3 is 4.74 Å².